The largest absolute Gasteiger partial charge is 0.381 e. The Bertz CT molecular complexity index is 701. The predicted molar refractivity (Wildman–Crippen MR) is 96.9 cm³/mol. The van der Waals surface area contributed by atoms with Crippen LogP contribution in [0.25, 0.3) is 0 Å². The van der Waals surface area contributed by atoms with E-state index in [9.17, 15) is 14.4 Å². The van der Waals surface area contributed by atoms with Crippen molar-refractivity contribution in [3.05, 3.63) is 34.2 Å². The summed E-state index contributed by atoms with van der Waals surface area (Å²) in [5.41, 5.74) is 0.349. The summed E-state index contributed by atoms with van der Waals surface area (Å²) in [4.78, 5) is 38.1. The molecule has 2 aliphatic heterocycles. The zero-order chi connectivity index (χ0) is 18.5. The fraction of sp³-hybridized carbons (Fsp3) is 0.632. The lowest BCUT2D eigenvalue weighted by atomic mass is 9.93. The van der Waals surface area contributed by atoms with Crippen LogP contribution in [-0.2, 0) is 16.6 Å². The fourth-order valence-corrected chi connectivity index (χ4v) is 3.63. The van der Waals surface area contributed by atoms with Crippen molar-refractivity contribution < 1.29 is 14.3 Å². The summed E-state index contributed by atoms with van der Waals surface area (Å²) in [6.07, 6.45) is 5.01. The SMILES string of the molecule is Cn1cc(C(=O)NCC2CCN(C(=O)C3CCOCC3)CC2)ccc1=O. The molecule has 2 saturated heterocycles. The lowest BCUT2D eigenvalue weighted by Crippen LogP contribution is -2.44. The Morgan fingerprint density at radius 3 is 2.50 bits per heavy atom. The van der Waals surface area contributed by atoms with Crippen molar-refractivity contribution in [1.82, 2.24) is 14.8 Å². The number of nitrogens with one attached hydrogen (secondary N) is 1. The summed E-state index contributed by atoms with van der Waals surface area (Å²) in [6, 6.07) is 2.95. The summed E-state index contributed by atoms with van der Waals surface area (Å²) < 4.78 is 6.73. The number of amides is 2. The molecule has 7 nitrogen and oxygen atoms in total. The summed E-state index contributed by atoms with van der Waals surface area (Å²) in [7, 11) is 1.63. The Morgan fingerprint density at radius 1 is 1.15 bits per heavy atom. The molecule has 0 atom stereocenters. The van der Waals surface area contributed by atoms with E-state index in [0.29, 0.717) is 31.2 Å². The van der Waals surface area contributed by atoms with Gasteiger partial charge in [0.25, 0.3) is 5.91 Å². The third-order valence-electron chi connectivity index (χ3n) is 5.40. The summed E-state index contributed by atoms with van der Waals surface area (Å²) in [5.74, 6) is 0.595. The van der Waals surface area contributed by atoms with Gasteiger partial charge in [-0.25, -0.2) is 0 Å². The van der Waals surface area contributed by atoms with Crippen molar-refractivity contribution in [3.63, 3.8) is 0 Å². The van der Waals surface area contributed by atoms with Crippen molar-refractivity contribution in [2.45, 2.75) is 25.7 Å². The maximum atomic E-state index is 12.5. The first-order chi connectivity index (χ1) is 12.5. The Hall–Kier alpha value is -2.15. The van der Waals surface area contributed by atoms with Gasteiger partial charge >= 0.3 is 0 Å². The summed E-state index contributed by atoms with van der Waals surface area (Å²) >= 11 is 0. The van der Waals surface area contributed by atoms with E-state index in [2.05, 4.69) is 5.32 Å². The third-order valence-corrected chi connectivity index (χ3v) is 5.40. The van der Waals surface area contributed by atoms with E-state index in [1.54, 1.807) is 19.3 Å². The fourth-order valence-electron chi connectivity index (χ4n) is 3.63. The minimum absolute atomic E-state index is 0.115. The Balaban J connectivity index is 1.43. The highest BCUT2D eigenvalue weighted by atomic mass is 16.5. The Morgan fingerprint density at radius 2 is 1.85 bits per heavy atom. The number of hydrogen-bond donors (Lipinski definition) is 1. The van der Waals surface area contributed by atoms with Gasteiger partial charge in [-0.05, 0) is 37.7 Å². The first-order valence-corrected chi connectivity index (χ1v) is 9.36. The number of carbonyl (C=O) groups excluding carboxylic acids is 2. The molecule has 0 aromatic carbocycles. The van der Waals surface area contributed by atoms with Gasteiger partial charge in [-0.3, -0.25) is 14.4 Å². The highest BCUT2D eigenvalue weighted by Crippen LogP contribution is 2.22. The van der Waals surface area contributed by atoms with E-state index in [-0.39, 0.29) is 23.3 Å². The molecule has 2 amide bonds. The smallest absolute Gasteiger partial charge is 0.252 e. The number of ether oxygens (including phenoxy) is 1. The second-order valence-electron chi connectivity index (χ2n) is 7.23. The van der Waals surface area contributed by atoms with Gasteiger partial charge in [-0.1, -0.05) is 0 Å². The summed E-state index contributed by atoms with van der Waals surface area (Å²) in [6.45, 7) is 3.49. The van der Waals surface area contributed by atoms with Crippen LogP contribution in [0, 0.1) is 11.8 Å². The van der Waals surface area contributed by atoms with Crippen molar-refractivity contribution in [3.8, 4) is 0 Å². The van der Waals surface area contributed by atoms with Crippen molar-refractivity contribution >= 4 is 11.8 Å². The minimum atomic E-state index is -0.165. The predicted octanol–water partition coefficient (Wildman–Crippen LogP) is 0.780. The van der Waals surface area contributed by atoms with Crippen molar-refractivity contribution in [2.75, 3.05) is 32.8 Å². The van der Waals surface area contributed by atoms with Crippen LogP contribution in [0.2, 0.25) is 0 Å². The zero-order valence-electron chi connectivity index (χ0n) is 15.3. The standard InChI is InChI=1S/C19H27N3O4/c1-21-13-16(2-3-17(21)23)18(24)20-12-14-4-8-22(9-5-14)19(25)15-6-10-26-11-7-15/h2-3,13-15H,4-12H2,1H3,(H,20,24). The molecule has 0 aliphatic carbocycles. The van der Waals surface area contributed by atoms with E-state index < -0.39 is 0 Å². The number of aryl methyl sites for hydroxylation is 1. The maximum Gasteiger partial charge on any atom is 0.252 e. The third kappa shape index (κ3) is 4.52. The van der Waals surface area contributed by atoms with Gasteiger partial charge in [0.05, 0.1) is 5.56 Å². The highest BCUT2D eigenvalue weighted by Gasteiger charge is 2.29. The molecule has 0 radical (unpaired) electrons. The highest BCUT2D eigenvalue weighted by molar-refractivity contribution is 5.93. The zero-order valence-corrected chi connectivity index (χ0v) is 15.3. The van der Waals surface area contributed by atoms with E-state index in [1.807, 2.05) is 4.90 Å². The second-order valence-corrected chi connectivity index (χ2v) is 7.23. The number of carbonyl (C=O) groups is 2. The molecular formula is C19H27N3O4. The van der Waals surface area contributed by atoms with Gasteiger partial charge in [-0.15, -0.1) is 0 Å². The monoisotopic (exact) mass is 361 g/mol. The number of hydrogen-bond acceptors (Lipinski definition) is 4. The quantitative estimate of drug-likeness (QED) is 0.859. The van der Waals surface area contributed by atoms with Gasteiger partial charge in [0, 0.05) is 58.1 Å². The molecule has 0 saturated carbocycles. The van der Waals surface area contributed by atoms with Crippen molar-refractivity contribution in [1.29, 1.82) is 0 Å². The second kappa shape index (κ2) is 8.49. The molecule has 0 bridgehead atoms. The molecule has 1 aromatic rings. The molecule has 0 spiro atoms. The van der Waals surface area contributed by atoms with Gasteiger partial charge < -0.3 is 19.5 Å². The van der Waals surface area contributed by atoms with Crippen LogP contribution in [0.4, 0.5) is 0 Å². The van der Waals surface area contributed by atoms with E-state index in [1.165, 1.54) is 10.6 Å². The lowest BCUT2D eigenvalue weighted by molar-refractivity contribution is -0.139. The maximum absolute atomic E-state index is 12.5. The number of aromatic nitrogens is 1. The van der Waals surface area contributed by atoms with Gasteiger partial charge in [0.1, 0.15) is 0 Å². The molecular weight excluding hydrogens is 334 g/mol. The number of rotatable bonds is 4. The number of nitrogens with zero attached hydrogens (tertiary/aromatic N) is 2. The van der Waals surface area contributed by atoms with E-state index in [0.717, 1.165) is 38.8 Å². The van der Waals surface area contributed by atoms with Crippen LogP contribution in [-0.4, -0.2) is 54.1 Å². The molecule has 2 fully saturated rings. The number of likely N-dealkylation sites (tertiary alicyclic amines) is 1. The molecule has 3 heterocycles. The molecule has 7 heteroatoms. The molecule has 1 aromatic heterocycles. The van der Waals surface area contributed by atoms with Gasteiger partial charge in [-0.2, -0.15) is 0 Å². The van der Waals surface area contributed by atoms with Crippen LogP contribution < -0.4 is 10.9 Å². The van der Waals surface area contributed by atoms with E-state index >= 15 is 0 Å². The first kappa shape index (κ1) is 18.6. The molecule has 142 valence electrons. The molecule has 2 aliphatic rings. The molecule has 3 rings (SSSR count). The van der Waals surface area contributed by atoms with Crippen LogP contribution in [0.3, 0.4) is 0 Å². The van der Waals surface area contributed by atoms with Crippen LogP contribution in [0.5, 0.6) is 0 Å². The average Bonchev–Trinajstić information content (AvgIpc) is 2.68. The lowest BCUT2D eigenvalue weighted by Gasteiger charge is -2.35. The number of pyridine rings is 1. The Kier molecular flexibility index (Phi) is 6.08. The normalized spacial score (nSPS) is 19.3. The van der Waals surface area contributed by atoms with Crippen molar-refractivity contribution in [2.24, 2.45) is 18.9 Å². The summed E-state index contributed by atoms with van der Waals surface area (Å²) in [5, 5.41) is 2.95. The van der Waals surface area contributed by atoms with E-state index in [4.69, 9.17) is 4.74 Å². The molecule has 26 heavy (non-hydrogen) atoms. The van der Waals surface area contributed by atoms with Crippen LogP contribution in [0.15, 0.2) is 23.1 Å². The first-order valence-electron chi connectivity index (χ1n) is 9.36. The average molecular weight is 361 g/mol. The Labute approximate surface area is 153 Å². The van der Waals surface area contributed by atoms with Crippen LogP contribution >= 0.6 is 0 Å². The van der Waals surface area contributed by atoms with Gasteiger partial charge in [0.2, 0.25) is 11.5 Å². The molecule has 0 unspecified atom stereocenters. The van der Waals surface area contributed by atoms with Gasteiger partial charge in [0.15, 0.2) is 0 Å². The molecule has 1 N–H and O–H groups in total. The topological polar surface area (TPSA) is 80.6 Å². The van der Waals surface area contributed by atoms with Crippen LogP contribution in [0.1, 0.15) is 36.0 Å². The minimum Gasteiger partial charge on any atom is -0.381 e. The number of piperidine rings is 1.